The lowest BCUT2D eigenvalue weighted by atomic mass is 9.80. The molecular weight excluding hydrogens is 180 g/mol. The maximum atomic E-state index is 4.35. The van der Waals surface area contributed by atoms with Gasteiger partial charge in [0.15, 0.2) is 0 Å². The van der Waals surface area contributed by atoms with Crippen molar-refractivity contribution < 1.29 is 0 Å². The Kier molecular flexibility index (Phi) is 1.92. The Bertz CT molecular complexity index is 299. The van der Waals surface area contributed by atoms with Crippen LogP contribution in [0.1, 0.15) is 46.5 Å². The van der Waals surface area contributed by atoms with Crippen LogP contribution in [-0.4, -0.2) is 0 Å². The van der Waals surface area contributed by atoms with Gasteiger partial charge in [0.05, 0.1) is 0 Å². The van der Waals surface area contributed by atoms with Gasteiger partial charge in [0.25, 0.3) is 0 Å². The topological polar surface area (TPSA) is 0 Å². The maximum absolute atomic E-state index is 4.35. The maximum Gasteiger partial charge on any atom is -0.0172 e. The number of fused-ring (bicyclic) bond motifs is 3. The molecule has 0 heterocycles. The average molecular weight is 204 g/mol. The van der Waals surface area contributed by atoms with Crippen LogP contribution >= 0.6 is 0 Å². The minimum Gasteiger partial charge on any atom is -0.0996 e. The first kappa shape index (κ1) is 9.93. The highest BCUT2D eigenvalue weighted by Gasteiger charge is 2.64. The molecule has 0 bridgehead atoms. The third-order valence-corrected chi connectivity index (χ3v) is 5.91. The molecule has 5 atom stereocenters. The van der Waals surface area contributed by atoms with Gasteiger partial charge in [0.1, 0.15) is 0 Å². The van der Waals surface area contributed by atoms with Gasteiger partial charge in [0.2, 0.25) is 0 Å². The van der Waals surface area contributed by atoms with E-state index in [4.69, 9.17) is 0 Å². The highest BCUT2D eigenvalue weighted by molar-refractivity contribution is 5.20. The minimum absolute atomic E-state index is 0.655. The molecule has 3 aliphatic rings. The van der Waals surface area contributed by atoms with Crippen LogP contribution in [0.15, 0.2) is 12.2 Å². The van der Waals surface area contributed by atoms with E-state index in [0.29, 0.717) is 5.41 Å². The fraction of sp³-hybridized carbons (Fsp3) is 0.867. The zero-order chi connectivity index (χ0) is 10.8. The van der Waals surface area contributed by atoms with Crippen molar-refractivity contribution in [3.05, 3.63) is 12.2 Å². The van der Waals surface area contributed by atoms with Crippen molar-refractivity contribution >= 4 is 0 Å². The van der Waals surface area contributed by atoms with E-state index in [-0.39, 0.29) is 0 Å². The molecule has 3 saturated carbocycles. The monoisotopic (exact) mass is 204 g/mol. The summed E-state index contributed by atoms with van der Waals surface area (Å²) < 4.78 is 0. The van der Waals surface area contributed by atoms with E-state index in [1.54, 1.807) is 5.57 Å². The normalized spacial score (nSPS) is 51.9. The molecule has 0 aromatic rings. The molecule has 3 fully saturated rings. The first-order valence-corrected chi connectivity index (χ1v) is 6.71. The van der Waals surface area contributed by atoms with Gasteiger partial charge in [-0.05, 0) is 60.7 Å². The highest BCUT2D eigenvalue weighted by atomic mass is 14.7. The molecule has 0 aliphatic heterocycles. The summed E-state index contributed by atoms with van der Waals surface area (Å²) in [6, 6.07) is 0. The largest absolute Gasteiger partial charge is 0.0996 e. The second kappa shape index (κ2) is 2.90. The molecule has 3 rings (SSSR count). The van der Waals surface area contributed by atoms with Crippen molar-refractivity contribution in [2.24, 2.45) is 35.0 Å². The minimum atomic E-state index is 0.655. The lowest BCUT2D eigenvalue weighted by Gasteiger charge is -2.25. The highest BCUT2D eigenvalue weighted by Crippen LogP contribution is 2.70. The van der Waals surface area contributed by atoms with Crippen molar-refractivity contribution in [3.8, 4) is 0 Å². The molecule has 15 heavy (non-hydrogen) atoms. The quantitative estimate of drug-likeness (QED) is 0.517. The Morgan fingerprint density at radius 3 is 2.67 bits per heavy atom. The third kappa shape index (κ3) is 1.20. The van der Waals surface area contributed by atoms with Gasteiger partial charge in [-0.2, -0.15) is 0 Å². The molecule has 0 N–H and O–H groups in total. The standard InChI is InChI=1S/C15H24/c1-9-6-8-12-14(15(12,3)4)13-10(2)5-7-11(9)13/h10-14H,1,5-8H2,2-4H3/t10?,11?,12-,13-,14-/m1/s1. The van der Waals surface area contributed by atoms with E-state index in [2.05, 4.69) is 27.4 Å². The van der Waals surface area contributed by atoms with Gasteiger partial charge in [-0.25, -0.2) is 0 Å². The number of hydrogen-bond acceptors (Lipinski definition) is 0. The smallest absolute Gasteiger partial charge is 0.0172 e. The summed E-state index contributed by atoms with van der Waals surface area (Å²) >= 11 is 0. The molecule has 2 unspecified atom stereocenters. The molecule has 0 amide bonds. The van der Waals surface area contributed by atoms with Crippen LogP contribution in [0.5, 0.6) is 0 Å². The number of hydrogen-bond donors (Lipinski definition) is 0. The molecular formula is C15H24. The second-order valence-corrected chi connectivity index (χ2v) is 6.89. The van der Waals surface area contributed by atoms with E-state index < -0.39 is 0 Å². The number of rotatable bonds is 0. The summed E-state index contributed by atoms with van der Waals surface area (Å²) in [5.74, 6) is 4.87. The number of allylic oxidation sites excluding steroid dienone is 1. The van der Waals surface area contributed by atoms with Crippen LogP contribution in [0, 0.1) is 35.0 Å². The summed E-state index contributed by atoms with van der Waals surface area (Å²) in [4.78, 5) is 0. The molecule has 0 spiro atoms. The van der Waals surface area contributed by atoms with Crippen LogP contribution in [0.3, 0.4) is 0 Å². The Morgan fingerprint density at radius 1 is 1.20 bits per heavy atom. The summed E-state index contributed by atoms with van der Waals surface area (Å²) in [7, 11) is 0. The molecule has 0 nitrogen and oxygen atoms in total. The predicted octanol–water partition coefficient (Wildman–Crippen LogP) is 4.27. The summed E-state index contributed by atoms with van der Waals surface area (Å²) in [6.45, 7) is 11.8. The van der Waals surface area contributed by atoms with Gasteiger partial charge in [0, 0.05) is 0 Å². The Morgan fingerprint density at radius 2 is 1.93 bits per heavy atom. The second-order valence-electron chi connectivity index (χ2n) is 6.89. The first-order valence-electron chi connectivity index (χ1n) is 6.71. The summed E-state index contributed by atoms with van der Waals surface area (Å²) in [6.07, 6.45) is 5.63. The first-order chi connectivity index (χ1) is 7.03. The van der Waals surface area contributed by atoms with Gasteiger partial charge in [-0.15, -0.1) is 0 Å². The third-order valence-electron chi connectivity index (χ3n) is 5.91. The van der Waals surface area contributed by atoms with Gasteiger partial charge >= 0.3 is 0 Å². The molecule has 3 aliphatic carbocycles. The lowest BCUT2D eigenvalue weighted by molar-refractivity contribution is 0.280. The van der Waals surface area contributed by atoms with Crippen LogP contribution < -0.4 is 0 Å². The van der Waals surface area contributed by atoms with Crippen molar-refractivity contribution in [3.63, 3.8) is 0 Å². The Hall–Kier alpha value is -0.260. The van der Waals surface area contributed by atoms with E-state index in [1.165, 1.54) is 25.7 Å². The molecule has 0 aromatic carbocycles. The average Bonchev–Trinajstić information content (AvgIpc) is 2.55. The zero-order valence-electron chi connectivity index (χ0n) is 10.4. The molecule has 0 heteroatoms. The van der Waals surface area contributed by atoms with Crippen LogP contribution in [-0.2, 0) is 0 Å². The van der Waals surface area contributed by atoms with E-state index in [9.17, 15) is 0 Å². The Balaban J connectivity index is 1.93. The van der Waals surface area contributed by atoms with E-state index >= 15 is 0 Å². The molecule has 84 valence electrons. The van der Waals surface area contributed by atoms with Crippen molar-refractivity contribution in [2.75, 3.05) is 0 Å². The van der Waals surface area contributed by atoms with Crippen LogP contribution in [0.25, 0.3) is 0 Å². The summed E-state index contributed by atoms with van der Waals surface area (Å²) in [5, 5.41) is 0. The van der Waals surface area contributed by atoms with E-state index in [1.807, 2.05) is 0 Å². The Labute approximate surface area is 94.1 Å². The van der Waals surface area contributed by atoms with Crippen molar-refractivity contribution in [2.45, 2.75) is 46.5 Å². The molecule has 0 aromatic heterocycles. The fourth-order valence-corrected chi connectivity index (χ4v) is 4.93. The van der Waals surface area contributed by atoms with E-state index in [0.717, 1.165) is 29.6 Å². The van der Waals surface area contributed by atoms with Crippen molar-refractivity contribution in [1.29, 1.82) is 0 Å². The predicted molar refractivity (Wildman–Crippen MR) is 64.5 cm³/mol. The van der Waals surface area contributed by atoms with Crippen molar-refractivity contribution in [1.82, 2.24) is 0 Å². The molecule has 0 radical (unpaired) electrons. The van der Waals surface area contributed by atoms with Crippen LogP contribution in [0.4, 0.5) is 0 Å². The molecule has 0 saturated heterocycles. The van der Waals surface area contributed by atoms with Gasteiger partial charge in [-0.3, -0.25) is 0 Å². The van der Waals surface area contributed by atoms with Gasteiger partial charge in [-0.1, -0.05) is 32.9 Å². The summed E-state index contributed by atoms with van der Waals surface area (Å²) in [5.41, 5.74) is 2.25. The van der Waals surface area contributed by atoms with Gasteiger partial charge < -0.3 is 0 Å². The lowest BCUT2D eigenvalue weighted by Crippen LogP contribution is -2.18. The zero-order valence-corrected chi connectivity index (χ0v) is 10.4. The fourth-order valence-electron chi connectivity index (χ4n) is 4.93. The SMILES string of the molecule is C=C1CC[C@@H]2[C@H]([C@@H]3C(C)CCC13)C2(C)C. The van der Waals surface area contributed by atoms with Crippen LogP contribution in [0.2, 0.25) is 0 Å².